The van der Waals surface area contributed by atoms with Crippen LogP contribution in [-0.2, 0) is 10.2 Å². The van der Waals surface area contributed by atoms with Gasteiger partial charge in [0.15, 0.2) is 0 Å². The Labute approximate surface area is 95.3 Å². The van der Waals surface area contributed by atoms with Gasteiger partial charge in [-0.1, -0.05) is 18.2 Å². The molecule has 0 N–H and O–H groups in total. The lowest BCUT2D eigenvalue weighted by molar-refractivity contribution is -0.122. The van der Waals surface area contributed by atoms with Gasteiger partial charge in [-0.2, -0.15) is 5.26 Å². The van der Waals surface area contributed by atoms with Crippen LogP contribution in [0.2, 0.25) is 0 Å². The molecule has 0 radical (unpaired) electrons. The molecule has 0 bridgehead atoms. The minimum atomic E-state index is -0.676. The first-order valence-corrected chi connectivity index (χ1v) is 5.27. The minimum Gasteiger partial charge on any atom is -0.314 e. The van der Waals surface area contributed by atoms with E-state index >= 15 is 0 Å². The van der Waals surface area contributed by atoms with E-state index in [4.69, 9.17) is 5.26 Å². The number of benzene rings is 1. The van der Waals surface area contributed by atoms with E-state index in [0.717, 1.165) is 16.8 Å². The van der Waals surface area contributed by atoms with Gasteiger partial charge in [0, 0.05) is 7.05 Å². The van der Waals surface area contributed by atoms with Crippen LogP contribution in [0.15, 0.2) is 18.2 Å². The molecule has 0 aliphatic carbocycles. The average molecular weight is 214 g/mol. The molecule has 0 saturated heterocycles. The molecule has 1 aliphatic heterocycles. The second-order valence-electron chi connectivity index (χ2n) is 4.50. The fourth-order valence-electron chi connectivity index (χ4n) is 2.47. The number of aryl methyl sites for hydroxylation is 1. The second kappa shape index (κ2) is 3.34. The predicted octanol–water partition coefficient (Wildman–Crippen LogP) is 2.14. The lowest BCUT2D eigenvalue weighted by Gasteiger charge is -2.19. The number of likely N-dealkylation sites (N-methyl/N-ethyl adjacent to an activating group) is 1. The summed E-state index contributed by atoms with van der Waals surface area (Å²) >= 11 is 0. The first-order valence-electron chi connectivity index (χ1n) is 5.27. The van der Waals surface area contributed by atoms with Gasteiger partial charge < -0.3 is 4.90 Å². The maximum atomic E-state index is 12.2. The lowest BCUT2D eigenvalue weighted by Crippen LogP contribution is -2.35. The molecule has 1 atom stereocenters. The van der Waals surface area contributed by atoms with Crippen molar-refractivity contribution in [1.82, 2.24) is 0 Å². The third-order valence-corrected chi connectivity index (χ3v) is 3.38. The maximum Gasteiger partial charge on any atom is 0.238 e. The molecule has 1 aromatic rings. The molecule has 2 rings (SSSR count). The van der Waals surface area contributed by atoms with E-state index in [1.54, 1.807) is 11.9 Å². The Morgan fingerprint density at radius 3 is 2.81 bits per heavy atom. The van der Waals surface area contributed by atoms with Crippen LogP contribution >= 0.6 is 0 Å². The summed E-state index contributed by atoms with van der Waals surface area (Å²) in [6, 6.07) is 7.99. The summed E-state index contributed by atoms with van der Waals surface area (Å²) in [6.45, 7) is 3.83. The molecule has 0 aromatic heterocycles. The molecule has 1 unspecified atom stereocenters. The van der Waals surface area contributed by atoms with E-state index in [2.05, 4.69) is 6.07 Å². The molecule has 1 aromatic carbocycles. The highest BCUT2D eigenvalue weighted by molar-refractivity contribution is 6.08. The largest absolute Gasteiger partial charge is 0.314 e. The van der Waals surface area contributed by atoms with E-state index in [1.165, 1.54) is 0 Å². The van der Waals surface area contributed by atoms with E-state index in [1.807, 2.05) is 32.0 Å². The second-order valence-corrected chi connectivity index (χ2v) is 4.50. The number of carbonyl (C=O) groups excluding carboxylic acids is 1. The maximum absolute atomic E-state index is 12.2. The Balaban J connectivity index is 2.68. The van der Waals surface area contributed by atoms with Gasteiger partial charge in [-0.25, -0.2) is 0 Å². The Bertz CT molecular complexity index is 501. The highest BCUT2D eigenvalue weighted by atomic mass is 16.2. The number of carbonyl (C=O) groups is 1. The van der Waals surface area contributed by atoms with E-state index in [0.29, 0.717) is 0 Å². The summed E-state index contributed by atoms with van der Waals surface area (Å²) in [5.41, 5.74) is 2.34. The zero-order chi connectivity index (χ0) is 11.9. The van der Waals surface area contributed by atoms with Crippen molar-refractivity contribution in [3.05, 3.63) is 29.3 Å². The molecule has 1 heterocycles. The van der Waals surface area contributed by atoms with Crippen LogP contribution in [0.1, 0.15) is 24.5 Å². The topological polar surface area (TPSA) is 44.1 Å². The first-order chi connectivity index (χ1) is 7.52. The molecular formula is C13H14N2O. The van der Waals surface area contributed by atoms with Crippen LogP contribution in [0.3, 0.4) is 0 Å². The average Bonchev–Trinajstić information content (AvgIpc) is 2.43. The van der Waals surface area contributed by atoms with Crippen molar-refractivity contribution in [3.63, 3.8) is 0 Å². The monoisotopic (exact) mass is 214 g/mol. The molecule has 3 nitrogen and oxygen atoms in total. The summed E-state index contributed by atoms with van der Waals surface area (Å²) in [5.74, 6) is 0.0124. The van der Waals surface area contributed by atoms with Gasteiger partial charge >= 0.3 is 0 Å². The Morgan fingerprint density at radius 2 is 2.19 bits per heavy atom. The van der Waals surface area contributed by atoms with Crippen LogP contribution in [0.4, 0.5) is 5.69 Å². The number of hydrogen-bond acceptors (Lipinski definition) is 2. The normalized spacial score (nSPS) is 23.1. The summed E-state index contributed by atoms with van der Waals surface area (Å²) in [7, 11) is 1.77. The Kier molecular flexibility index (Phi) is 2.23. The van der Waals surface area contributed by atoms with Crippen molar-refractivity contribution in [2.75, 3.05) is 11.9 Å². The van der Waals surface area contributed by atoms with Crippen LogP contribution in [0.5, 0.6) is 0 Å². The van der Waals surface area contributed by atoms with Crippen molar-refractivity contribution in [2.45, 2.75) is 25.7 Å². The fourth-order valence-corrected chi connectivity index (χ4v) is 2.47. The van der Waals surface area contributed by atoms with E-state index < -0.39 is 5.41 Å². The number of nitriles is 1. The molecule has 16 heavy (non-hydrogen) atoms. The van der Waals surface area contributed by atoms with Gasteiger partial charge in [0.2, 0.25) is 5.91 Å². The third kappa shape index (κ3) is 1.16. The molecule has 0 saturated carbocycles. The number of amides is 1. The van der Waals surface area contributed by atoms with Crippen molar-refractivity contribution in [1.29, 1.82) is 5.26 Å². The molecule has 1 amide bonds. The first kappa shape index (κ1) is 10.7. The minimum absolute atomic E-state index is 0.0124. The quantitative estimate of drug-likeness (QED) is 0.719. The number of rotatable bonds is 1. The molecule has 82 valence electrons. The number of anilines is 1. The number of nitrogens with zero attached hydrogens (tertiary/aromatic N) is 2. The highest BCUT2D eigenvalue weighted by Crippen LogP contribution is 2.44. The number of fused-ring (bicyclic) bond motifs is 1. The van der Waals surface area contributed by atoms with Crippen LogP contribution < -0.4 is 4.90 Å². The molecule has 0 spiro atoms. The van der Waals surface area contributed by atoms with Gasteiger partial charge in [-0.3, -0.25) is 4.79 Å². The highest BCUT2D eigenvalue weighted by Gasteiger charge is 2.46. The van der Waals surface area contributed by atoms with E-state index in [9.17, 15) is 4.79 Å². The summed E-state index contributed by atoms with van der Waals surface area (Å²) in [5, 5.41) is 8.87. The van der Waals surface area contributed by atoms with Crippen LogP contribution in [0, 0.1) is 18.3 Å². The van der Waals surface area contributed by atoms with Crippen molar-refractivity contribution < 1.29 is 4.79 Å². The Morgan fingerprint density at radius 1 is 1.50 bits per heavy atom. The van der Waals surface area contributed by atoms with Gasteiger partial charge in [-0.05, 0) is 25.0 Å². The SMILES string of the molecule is Cc1cccc2c1N(C)C(=O)C2(C)CC#N. The standard InChI is InChI=1S/C13H14N2O/c1-9-5-4-6-10-11(9)15(3)12(16)13(10,2)7-8-14/h4-6H,7H2,1-3H3. The van der Waals surface area contributed by atoms with Gasteiger partial charge in [-0.15, -0.1) is 0 Å². The van der Waals surface area contributed by atoms with Crippen molar-refractivity contribution >= 4 is 11.6 Å². The third-order valence-electron chi connectivity index (χ3n) is 3.38. The molecule has 0 fully saturated rings. The fraction of sp³-hybridized carbons (Fsp3) is 0.385. The summed E-state index contributed by atoms with van der Waals surface area (Å²) < 4.78 is 0. The van der Waals surface area contributed by atoms with Crippen molar-refractivity contribution in [3.8, 4) is 6.07 Å². The Hall–Kier alpha value is -1.82. The van der Waals surface area contributed by atoms with Crippen LogP contribution in [-0.4, -0.2) is 13.0 Å². The zero-order valence-corrected chi connectivity index (χ0v) is 9.74. The molecular weight excluding hydrogens is 200 g/mol. The molecule has 1 aliphatic rings. The van der Waals surface area contributed by atoms with Gasteiger partial charge in [0.1, 0.15) is 0 Å². The summed E-state index contributed by atoms with van der Waals surface area (Å²) in [4.78, 5) is 13.9. The number of hydrogen-bond donors (Lipinski definition) is 0. The van der Waals surface area contributed by atoms with Crippen molar-refractivity contribution in [2.24, 2.45) is 0 Å². The number of para-hydroxylation sites is 1. The van der Waals surface area contributed by atoms with Crippen LogP contribution in [0.25, 0.3) is 0 Å². The smallest absolute Gasteiger partial charge is 0.238 e. The van der Waals surface area contributed by atoms with Gasteiger partial charge in [0.25, 0.3) is 0 Å². The van der Waals surface area contributed by atoms with E-state index in [-0.39, 0.29) is 12.3 Å². The predicted molar refractivity (Wildman–Crippen MR) is 62.2 cm³/mol. The van der Waals surface area contributed by atoms with Gasteiger partial charge in [0.05, 0.1) is 23.6 Å². The zero-order valence-electron chi connectivity index (χ0n) is 9.74. The lowest BCUT2D eigenvalue weighted by atomic mass is 9.81. The molecule has 3 heteroatoms. The summed E-state index contributed by atoms with van der Waals surface area (Å²) in [6.07, 6.45) is 0.229.